The second-order valence-corrected chi connectivity index (χ2v) is 6.74. The summed E-state index contributed by atoms with van der Waals surface area (Å²) in [5, 5.41) is 2.75. The number of thioether (sulfide) groups is 1. The third-order valence-corrected chi connectivity index (χ3v) is 5.13. The maximum atomic E-state index is 12.7. The monoisotopic (exact) mass is 331 g/mol. The van der Waals surface area contributed by atoms with Crippen LogP contribution in [0.5, 0.6) is 0 Å². The molecular weight excluding hydrogens is 311 g/mol. The smallest absolute Gasteiger partial charge is 0.353 e. The molecule has 0 aliphatic heterocycles. The molecule has 1 saturated carbocycles. The number of carbonyl (C=O) groups is 1. The minimum Gasteiger partial charge on any atom is -0.353 e. The molecule has 0 aromatic heterocycles. The highest BCUT2D eigenvalue weighted by Crippen LogP contribution is 2.37. The maximum absolute atomic E-state index is 12.7. The molecule has 1 aliphatic carbocycles. The Morgan fingerprint density at radius 2 is 2.05 bits per heavy atom. The highest BCUT2D eigenvalue weighted by Gasteiger charge is 2.42. The van der Waals surface area contributed by atoms with Crippen molar-refractivity contribution in [2.24, 2.45) is 5.92 Å². The lowest BCUT2D eigenvalue weighted by Gasteiger charge is -2.31. The molecule has 1 N–H and O–H groups in total. The zero-order valence-electron chi connectivity index (χ0n) is 12.5. The van der Waals surface area contributed by atoms with Crippen molar-refractivity contribution in [2.75, 3.05) is 5.75 Å². The van der Waals surface area contributed by atoms with Crippen LogP contribution in [0, 0.1) is 12.8 Å². The van der Waals surface area contributed by atoms with E-state index >= 15 is 0 Å². The lowest BCUT2D eigenvalue weighted by Crippen LogP contribution is -2.42. The van der Waals surface area contributed by atoms with Crippen molar-refractivity contribution in [3.05, 3.63) is 29.8 Å². The Balaban J connectivity index is 1.81. The largest absolute Gasteiger partial charge is 0.391 e. The first-order valence-electron chi connectivity index (χ1n) is 7.41. The molecule has 0 saturated heterocycles. The van der Waals surface area contributed by atoms with Gasteiger partial charge in [-0.1, -0.05) is 24.6 Å². The number of halogens is 3. The number of benzene rings is 1. The highest BCUT2D eigenvalue weighted by molar-refractivity contribution is 8.00. The second-order valence-electron chi connectivity index (χ2n) is 5.72. The number of hydrogen-bond acceptors (Lipinski definition) is 2. The summed E-state index contributed by atoms with van der Waals surface area (Å²) in [4.78, 5) is 13.0. The Labute approximate surface area is 132 Å². The van der Waals surface area contributed by atoms with Gasteiger partial charge in [0.05, 0.1) is 11.7 Å². The molecule has 0 radical (unpaired) electrons. The molecule has 1 aromatic rings. The topological polar surface area (TPSA) is 29.1 Å². The zero-order chi connectivity index (χ0) is 16.2. The fraction of sp³-hybridized carbons (Fsp3) is 0.562. The minimum atomic E-state index is -4.15. The standard InChI is InChI=1S/C16H20F3NOS/c1-11-5-2-3-8-14(11)22-10-15(21)20-13-7-4-6-12(9-13)16(17,18)19/h2-3,5,8,12-13H,4,6-7,9-10H2,1H3,(H,20,21). The summed E-state index contributed by atoms with van der Waals surface area (Å²) >= 11 is 1.42. The van der Waals surface area contributed by atoms with E-state index in [0.717, 1.165) is 10.5 Å². The van der Waals surface area contributed by atoms with Crippen LogP contribution in [-0.4, -0.2) is 23.9 Å². The van der Waals surface area contributed by atoms with Gasteiger partial charge in [-0.05, 0) is 37.8 Å². The normalized spacial score (nSPS) is 22.4. The molecular formula is C16H20F3NOS. The Hall–Kier alpha value is -1.17. The molecule has 2 nitrogen and oxygen atoms in total. The van der Waals surface area contributed by atoms with Crippen molar-refractivity contribution in [2.45, 2.75) is 49.7 Å². The summed E-state index contributed by atoms with van der Waals surface area (Å²) in [6.07, 6.45) is -2.83. The van der Waals surface area contributed by atoms with E-state index in [9.17, 15) is 18.0 Å². The van der Waals surface area contributed by atoms with Gasteiger partial charge in [0.25, 0.3) is 0 Å². The van der Waals surface area contributed by atoms with Gasteiger partial charge in [-0.3, -0.25) is 4.79 Å². The maximum Gasteiger partial charge on any atom is 0.391 e. The Kier molecular flexibility index (Phi) is 5.78. The first kappa shape index (κ1) is 17.2. The molecule has 0 heterocycles. The first-order chi connectivity index (χ1) is 10.4. The SMILES string of the molecule is Cc1ccccc1SCC(=O)NC1CCCC(C(F)(F)F)C1. The Morgan fingerprint density at radius 3 is 2.73 bits per heavy atom. The van der Waals surface area contributed by atoms with Gasteiger partial charge in [-0.25, -0.2) is 0 Å². The molecule has 6 heteroatoms. The van der Waals surface area contributed by atoms with E-state index < -0.39 is 12.1 Å². The molecule has 1 aliphatic rings. The van der Waals surface area contributed by atoms with Crippen LogP contribution in [0.3, 0.4) is 0 Å². The molecule has 1 aromatic carbocycles. The van der Waals surface area contributed by atoms with E-state index in [1.165, 1.54) is 11.8 Å². The van der Waals surface area contributed by atoms with E-state index in [-0.39, 0.29) is 30.5 Å². The van der Waals surface area contributed by atoms with Crippen LogP contribution in [0.1, 0.15) is 31.2 Å². The Morgan fingerprint density at radius 1 is 1.32 bits per heavy atom. The molecule has 2 unspecified atom stereocenters. The van der Waals surface area contributed by atoms with Crippen molar-refractivity contribution in [3.63, 3.8) is 0 Å². The predicted octanol–water partition coefficient (Wildman–Crippen LogP) is 4.32. The molecule has 0 spiro atoms. The minimum absolute atomic E-state index is 0.00424. The van der Waals surface area contributed by atoms with Crippen LogP contribution in [0.2, 0.25) is 0 Å². The molecule has 0 bridgehead atoms. The summed E-state index contributed by atoms with van der Waals surface area (Å²) < 4.78 is 38.2. The molecule has 1 amide bonds. The number of alkyl halides is 3. The summed E-state index contributed by atoms with van der Waals surface area (Å²) in [6, 6.07) is 7.38. The van der Waals surface area contributed by atoms with Gasteiger partial charge in [0.1, 0.15) is 0 Å². The zero-order valence-corrected chi connectivity index (χ0v) is 13.3. The third-order valence-electron chi connectivity index (χ3n) is 3.95. The van der Waals surface area contributed by atoms with Crippen molar-refractivity contribution in [1.29, 1.82) is 0 Å². The Bertz CT molecular complexity index is 518. The molecule has 1 fully saturated rings. The summed E-state index contributed by atoms with van der Waals surface area (Å²) in [5.41, 5.74) is 1.09. The first-order valence-corrected chi connectivity index (χ1v) is 8.39. The van der Waals surface area contributed by atoms with Crippen LogP contribution < -0.4 is 5.32 Å². The molecule has 2 atom stereocenters. The van der Waals surface area contributed by atoms with Crippen molar-refractivity contribution >= 4 is 17.7 Å². The van der Waals surface area contributed by atoms with Gasteiger partial charge >= 0.3 is 6.18 Å². The van der Waals surface area contributed by atoms with Gasteiger partial charge in [0, 0.05) is 10.9 Å². The molecule has 2 rings (SSSR count). The number of nitrogens with one attached hydrogen (secondary N) is 1. The second kappa shape index (κ2) is 7.40. The van der Waals surface area contributed by atoms with E-state index in [0.29, 0.717) is 12.8 Å². The average molecular weight is 331 g/mol. The number of amides is 1. The third kappa shape index (κ3) is 4.93. The van der Waals surface area contributed by atoms with Crippen LogP contribution in [-0.2, 0) is 4.79 Å². The van der Waals surface area contributed by atoms with Gasteiger partial charge < -0.3 is 5.32 Å². The van der Waals surface area contributed by atoms with Gasteiger partial charge in [-0.2, -0.15) is 13.2 Å². The fourth-order valence-electron chi connectivity index (χ4n) is 2.75. The van der Waals surface area contributed by atoms with Crippen LogP contribution in [0.4, 0.5) is 13.2 Å². The number of carbonyl (C=O) groups excluding carboxylic acids is 1. The van der Waals surface area contributed by atoms with E-state index in [2.05, 4.69) is 5.32 Å². The van der Waals surface area contributed by atoms with Crippen LogP contribution >= 0.6 is 11.8 Å². The van der Waals surface area contributed by atoms with Crippen molar-refractivity contribution in [3.8, 4) is 0 Å². The lowest BCUT2D eigenvalue weighted by atomic mass is 9.85. The number of hydrogen-bond donors (Lipinski definition) is 1. The highest BCUT2D eigenvalue weighted by atomic mass is 32.2. The van der Waals surface area contributed by atoms with Crippen molar-refractivity contribution < 1.29 is 18.0 Å². The average Bonchev–Trinajstić information content (AvgIpc) is 2.46. The van der Waals surface area contributed by atoms with Gasteiger partial charge in [0.15, 0.2) is 0 Å². The van der Waals surface area contributed by atoms with E-state index in [1.54, 1.807) is 0 Å². The van der Waals surface area contributed by atoms with Gasteiger partial charge in [0.2, 0.25) is 5.91 Å². The quantitative estimate of drug-likeness (QED) is 0.832. The van der Waals surface area contributed by atoms with E-state index in [1.807, 2.05) is 31.2 Å². The lowest BCUT2D eigenvalue weighted by molar-refractivity contribution is -0.184. The van der Waals surface area contributed by atoms with Gasteiger partial charge in [-0.15, -0.1) is 11.8 Å². The number of rotatable bonds is 4. The van der Waals surface area contributed by atoms with E-state index in [4.69, 9.17) is 0 Å². The molecule has 22 heavy (non-hydrogen) atoms. The predicted molar refractivity (Wildman–Crippen MR) is 81.8 cm³/mol. The van der Waals surface area contributed by atoms with Crippen LogP contribution in [0.15, 0.2) is 29.2 Å². The number of aryl methyl sites for hydroxylation is 1. The fourth-order valence-corrected chi connectivity index (χ4v) is 3.59. The van der Waals surface area contributed by atoms with Crippen LogP contribution in [0.25, 0.3) is 0 Å². The summed E-state index contributed by atoms with van der Waals surface area (Å²) in [7, 11) is 0. The molecule has 122 valence electrons. The summed E-state index contributed by atoms with van der Waals surface area (Å²) in [5.74, 6) is -1.24. The summed E-state index contributed by atoms with van der Waals surface area (Å²) in [6.45, 7) is 1.97. The van der Waals surface area contributed by atoms with Crippen molar-refractivity contribution in [1.82, 2.24) is 5.32 Å².